The van der Waals surface area contributed by atoms with Crippen LogP contribution in [0, 0.1) is 15.0 Å². The van der Waals surface area contributed by atoms with Crippen molar-refractivity contribution in [3.05, 3.63) is 67.6 Å². The molecule has 1 atom stereocenters. The molecule has 2 aromatic carbocycles. The minimum absolute atomic E-state index is 0.118. The largest absolute Gasteiger partial charge is 0.481 e. The number of rotatable bonds is 7. The van der Waals surface area contributed by atoms with Crippen LogP contribution in [0.15, 0.2) is 41.6 Å². The summed E-state index contributed by atoms with van der Waals surface area (Å²) in [5, 5.41) is 22.6. The molecule has 0 saturated carbocycles. The third kappa shape index (κ3) is 4.99. The summed E-state index contributed by atoms with van der Waals surface area (Å²) in [7, 11) is 0. The van der Waals surface area contributed by atoms with Crippen molar-refractivity contribution in [2.24, 2.45) is 5.18 Å². The van der Waals surface area contributed by atoms with Crippen molar-refractivity contribution in [1.29, 1.82) is 0 Å². The molecule has 0 aliphatic heterocycles. The quantitative estimate of drug-likeness (QED) is 0.349. The second kappa shape index (κ2) is 8.03. The number of hydrogen-bond acceptors (Lipinski definition) is 6. The number of ether oxygens (including phenoxy) is 1. The molecular formula is C17H12ClF3N2O6. The van der Waals surface area contributed by atoms with E-state index >= 15 is 0 Å². The van der Waals surface area contributed by atoms with Gasteiger partial charge in [-0.25, -0.2) is 0 Å². The number of nitroso groups, excluding NO2 is 1. The molecule has 0 amide bonds. The molecule has 1 N–H and O–H groups in total. The van der Waals surface area contributed by atoms with Crippen LogP contribution in [0.3, 0.4) is 0 Å². The molecule has 0 saturated heterocycles. The number of halogens is 4. The fraction of sp³-hybridized carbons (Fsp3) is 0.235. The number of nitro groups is 1. The summed E-state index contributed by atoms with van der Waals surface area (Å²) in [5.41, 5.74) is -3.89. The highest BCUT2D eigenvalue weighted by Crippen LogP contribution is 2.40. The molecule has 154 valence electrons. The number of nitro benzene ring substituents is 1. The molecule has 0 spiro atoms. The average Bonchev–Trinajstić information content (AvgIpc) is 2.61. The van der Waals surface area contributed by atoms with Gasteiger partial charge in [0.25, 0.3) is 5.69 Å². The number of nitrogens with zero attached hydrogens (tertiary/aromatic N) is 2. The average molecular weight is 433 g/mol. The number of aliphatic carboxylic acids is 1. The molecule has 0 heterocycles. The van der Waals surface area contributed by atoms with Crippen molar-refractivity contribution < 1.29 is 32.7 Å². The molecule has 12 heteroatoms. The fourth-order valence-electron chi connectivity index (χ4n) is 2.53. The Bertz CT molecular complexity index is 982. The Morgan fingerprint density at radius 3 is 2.41 bits per heavy atom. The van der Waals surface area contributed by atoms with Gasteiger partial charge in [-0.1, -0.05) is 16.8 Å². The highest BCUT2D eigenvalue weighted by molar-refractivity contribution is 6.32. The Labute approximate surface area is 166 Å². The number of benzene rings is 2. The Kier molecular flexibility index (Phi) is 6.12. The summed E-state index contributed by atoms with van der Waals surface area (Å²) in [6.07, 6.45) is -5.45. The Morgan fingerprint density at radius 2 is 1.93 bits per heavy atom. The number of carboxylic acids is 1. The molecule has 2 aromatic rings. The van der Waals surface area contributed by atoms with Crippen LogP contribution in [0.5, 0.6) is 11.5 Å². The third-order valence-corrected chi connectivity index (χ3v) is 4.22. The van der Waals surface area contributed by atoms with Crippen LogP contribution in [0.25, 0.3) is 0 Å². The van der Waals surface area contributed by atoms with Crippen molar-refractivity contribution in [1.82, 2.24) is 0 Å². The second-order valence-electron chi connectivity index (χ2n) is 6.12. The molecule has 29 heavy (non-hydrogen) atoms. The lowest BCUT2D eigenvalue weighted by molar-refractivity contribution is -0.386. The van der Waals surface area contributed by atoms with E-state index in [4.69, 9.17) is 21.4 Å². The van der Waals surface area contributed by atoms with E-state index < -0.39 is 40.3 Å². The van der Waals surface area contributed by atoms with Gasteiger partial charge in [0.1, 0.15) is 17.0 Å². The second-order valence-corrected chi connectivity index (χ2v) is 6.52. The summed E-state index contributed by atoms with van der Waals surface area (Å²) >= 11 is 5.81. The molecule has 0 aliphatic rings. The van der Waals surface area contributed by atoms with E-state index in [1.807, 2.05) is 0 Å². The lowest BCUT2D eigenvalue weighted by Gasteiger charge is -2.20. The van der Waals surface area contributed by atoms with Gasteiger partial charge in [-0.05, 0) is 37.3 Å². The Balaban J connectivity index is 2.50. The standard InChI is InChI=1S/C17H12ClF3N2O6/c1-16(22-26,8-15(24)25)11-7-10(3-4-13(11)23(27)28)29-14-5-2-9(6-12(14)18)17(19,20)21/h2-7H,8H2,1H3,(H,24,25). The molecule has 0 bridgehead atoms. The first-order valence-electron chi connectivity index (χ1n) is 7.77. The van der Waals surface area contributed by atoms with E-state index in [-0.39, 0.29) is 22.1 Å². The van der Waals surface area contributed by atoms with E-state index in [1.165, 1.54) is 0 Å². The lowest BCUT2D eigenvalue weighted by Crippen LogP contribution is -2.24. The number of carboxylic acid groups (broad SMARTS) is 1. The van der Waals surface area contributed by atoms with Crippen molar-refractivity contribution in [3.63, 3.8) is 0 Å². The minimum atomic E-state index is -4.61. The van der Waals surface area contributed by atoms with Crippen LogP contribution >= 0.6 is 11.6 Å². The highest BCUT2D eigenvalue weighted by Gasteiger charge is 2.38. The van der Waals surface area contributed by atoms with Crippen LogP contribution in [-0.4, -0.2) is 16.0 Å². The van der Waals surface area contributed by atoms with Crippen LogP contribution in [0.2, 0.25) is 5.02 Å². The van der Waals surface area contributed by atoms with Gasteiger partial charge in [-0.15, -0.1) is 4.91 Å². The van der Waals surface area contributed by atoms with E-state index in [0.29, 0.717) is 6.07 Å². The van der Waals surface area contributed by atoms with E-state index in [2.05, 4.69) is 5.18 Å². The minimum Gasteiger partial charge on any atom is -0.481 e. The summed E-state index contributed by atoms with van der Waals surface area (Å²) in [5.74, 6) is -1.72. The highest BCUT2D eigenvalue weighted by atomic mass is 35.5. The first-order valence-corrected chi connectivity index (χ1v) is 8.15. The van der Waals surface area contributed by atoms with Gasteiger partial charge in [0.15, 0.2) is 0 Å². The lowest BCUT2D eigenvalue weighted by atomic mass is 9.88. The maximum Gasteiger partial charge on any atom is 0.416 e. The van der Waals surface area contributed by atoms with Crippen molar-refractivity contribution in [2.45, 2.75) is 25.1 Å². The summed E-state index contributed by atoms with van der Waals surface area (Å²) in [6, 6.07) is 5.45. The van der Waals surface area contributed by atoms with Crippen LogP contribution in [-0.2, 0) is 16.5 Å². The zero-order valence-electron chi connectivity index (χ0n) is 14.6. The predicted molar refractivity (Wildman–Crippen MR) is 95.0 cm³/mol. The molecule has 0 aliphatic carbocycles. The summed E-state index contributed by atoms with van der Waals surface area (Å²) in [6.45, 7) is 1.10. The first-order chi connectivity index (χ1) is 13.4. The van der Waals surface area contributed by atoms with Gasteiger partial charge in [-0.3, -0.25) is 14.9 Å². The van der Waals surface area contributed by atoms with Gasteiger partial charge in [0.2, 0.25) is 0 Å². The Hall–Kier alpha value is -3.21. The number of hydrogen-bond donors (Lipinski definition) is 1. The van der Waals surface area contributed by atoms with Crippen molar-refractivity contribution >= 4 is 23.3 Å². The molecule has 1 unspecified atom stereocenters. The SMILES string of the molecule is CC(CC(=O)O)(N=O)c1cc(Oc2ccc(C(F)(F)F)cc2Cl)ccc1[N+](=O)[O-]. The fourth-order valence-corrected chi connectivity index (χ4v) is 2.75. The zero-order chi connectivity index (χ0) is 22.0. The number of alkyl halides is 3. The van der Waals surface area contributed by atoms with E-state index in [0.717, 1.165) is 37.3 Å². The van der Waals surface area contributed by atoms with Crippen molar-refractivity contribution in [2.75, 3.05) is 0 Å². The van der Waals surface area contributed by atoms with Gasteiger partial charge < -0.3 is 9.84 Å². The summed E-state index contributed by atoms with van der Waals surface area (Å²) < 4.78 is 43.6. The van der Waals surface area contributed by atoms with Gasteiger partial charge in [0, 0.05) is 6.07 Å². The smallest absolute Gasteiger partial charge is 0.416 e. The maximum absolute atomic E-state index is 12.7. The van der Waals surface area contributed by atoms with E-state index in [1.54, 1.807) is 0 Å². The molecule has 0 radical (unpaired) electrons. The third-order valence-electron chi connectivity index (χ3n) is 3.93. The van der Waals surface area contributed by atoms with Crippen molar-refractivity contribution in [3.8, 4) is 11.5 Å². The molecule has 2 rings (SSSR count). The topological polar surface area (TPSA) is 119 Å². The van der Waals surface area contributed by atoms with Crippen LogP contribution < -0.4 is 4.74 Å². The Morgan fingerprint density at radius 1 is 1.28 bits per heavy atom. The molecule has 8 nitrogen and oxygen atoms in total. The van der Waals surface area contributed by atoms with Gasteiger partial charge >= 0.3 is 12.1 Å². The molecular weight excluding hydrogens is 421 g/mol. The number of carbonyl (C=O) groups is 1. The van der Waals surface area contributed by atoms with Gasteiger partial charge in [0.05, 0.1) is 27.5 Å². The van der Waals surface area contributed by atoms with Crippen LogP contribution in [0.1, 0.15) is 24.5 Å². The first kappa shape index (κ1) is 22.1. The maximum atomic E-state index is 12.7. The predicted octanol–water partition coefficient (Wildman–Crippen LogP) is 5.52. The van der Waals surface area contributed by atoms with Crippen LogP contribution in [0.4, 0.5) is 18.9 Å². The normalized spacial score (nSPS) is 13.4. The molecule has 0 fully saturated rings. The van der Waals surface area contributed by atoms with Gasteiger partial charge in [-0.2, -0.15) is 13.2 Å². The molecule has 0 aromatic heterocycles. The monoisotopic (exact) mass is 432 g/mol. The zero-order valence-corrected chi connectivity index (χ0v) is 15.3. The van der Waals surface area contributed by atoms with E-state index in [9.17, 15) is 33.0 Å². The summed E-state index contributed by atoms with van der Waals surface area (Å²) in [4.78, 5) is 32.8.